The predicted molar refractivity (Wildman–Crippen MR) is 57.3 cm³/mol. The van der Waals surface area contributed by atoms with E-state index in [1.54, 1.807) is 13.8 Å². The Labute approximate surface area is 94.5 Å². The number of nitrogens with one attached hydrogen (secondary N) is 1. The van der Waals surface area contributed by atoms with E-state index in [1.807, 2.05) is 0 Å². The van der Waals surface area contributed by atoms with Gasteiger partial charge in [0, 0.05) is 6.42 Å². The van der Waals surface area contributed by atoms with Crippen LogP contribution in [0.2, 0.25) is 0 Å². The molecule has 0 aromatic carbocycles. The second-order valence-electron chi connectivity index (χ2n) is 3.24. The van der Waals surface area contributed by atoms with E-state index >= 15 is 0 Å². The Hall–Kier alpha value is -1.59. The standard InChI is InChI=1S/C10H18N2O4/c1-3-7(10(11)15)12-8(13)5-6-9(14)16-4-2/h7H,3-6H2,1-2H3,(H2,11,15)(H,12,13)/t7-/m1/s1. The number of ether oxygens (including phenoxy) is 1. The van der Waals surface area contributed by atoms with Crippen molar-refractivity contribution in [3.63, 3.8) is 0 Å². The summed E-state index contributed by atoms with van der Waals surface area (Å²) in [6.45, 7) is 3.72. The lowest BCUT2D eigenvalue weighted by Crippen LogP contribution is -2.44. The van der Waals surface area contributed by atoms with Crippen LogP contribution in [0.1, 0.15) is 33.1 Å². The van der Waals surface area contributed by atoms with Gasteiger partial charge in [-0.1, -0.05) is 6.92 Å². The molecule has 92 valence electrons. The summed E-state index contributed by atoms with van der Waals surface area (Å²) >= 11 is 0. The lowest BCUT2D eigenvalue weighted by molar-refractivity contribution is -0.144. The number of rotatable bonds is 7. The average molecular weight is 230 g/mol. The van der Waals surface area contributed by atoms with Crippen LogP contribution in [0, 0.1) is 0 Å². The van der Waals surface area contributed by atoms with E-state index in [4.69, 9.17) is 5.73 Å². The monoisotopic (exact) mass is 230 g/mol. The third kappa shape index (κ3) is 6.00. The van der Waals surface area contributed by atoms with Gasteiger partial charge in [0.2, 0.25) is 11.8 Å². The molecule has 6 nitrogen and oxygen atoms in total. The highest BCUT2D eigenvalue weighted by Crippen LogP contribution is 1.96. The van der Waals surface area contributed by atoms with Crippen molar-refractivity contribution in [2.45, 2.75) is 39.2 Å². The van der Waals surface area contributed by atoms with Gasteiger partial charge < -0.3 is 15.8 Å². The van der Waals surface area contributed by atoms with Gasteiger partial charge in [-0.2, -0.15) is 0 Å². The molecule has 0 heterocycles. The molecule has 0 saturated heterocycles. The lowest BCUT2D eigenvalue weighted by atomic mass is 10.2. The molecule has 3 N–H and O–H groups in total. The molecule has 0 unspecified atom stereocenters. The minimum atomic E-state index is -0.672. The zero-order valence-electron chi connectivity index (χ0n) is 9.62. The molecular weight excluding hydrogens is 212 g/mol. The van der Waals surface area contributed by atoms with Gasteiger partial charge in [0.1, 0.15) is 6.04 Å². The first-order valence-corrected chi connectivity index (χ1v) is 5.25. The Morgan fingerprint density at radius 2 is 1.88 bits per heavy atom. The van der Waals surface area contributed by atoms with E-state index < -0.39 is 17.9 Å². The van der Waals surface area contributed by atoms with Crippen LogP contribution in [0.15, 0.2) is 0 Å². The van der Waals surface area contributed by atoms with Crippen LogP contribution in [-0.2, 0) is 19.1 Å². The quantitative estimate of drug-likeness (QED) is 0.587. The summed E-state index contributed by atoms with van der Waals surface area (Å²) in [6.07, 6.45) is 0.442. The minimum Gasteiger partial charge on any atom is -0.466 e. The largest absolute Gasteiger partial charge is 0.466 e. The molecule has 0 rings (SSSR count). The van der Waals surface area contributed by atoms with Crippen LogP contribution >= 0.6 is 0 Å². The molecule has 0 saturated carbocycles. The van der Waals surface area contributed by atoms with Crippen LogP contribution in [0.25, 0.3) is 0 Å². The number of carbonyl (C=O) groups excluding carboxylic acids is 3. The highest BCUT2D eigenvalue weighted by Gasteiger charge is 2.16. The van der Waals surface area contributed by atoms with Crippen LogP contribution in [0.5, 0.6) is 0 Å². The number of esters is 1. The van der Waals surface area contributed by atoms with Gasteiger partial charge >= 0.3 is 5.97 Å². The highest BCUT2D eigenvalue weighted by atomic mass is 16.5. The molecule has 0 bridgehead atoms. The molecule has 16 heavy (non-hydrogen) atoms. The van der Waals surface area contributed by atoms with Crippen molar-refractivity contribution in [1.82, 2.24) is 5.32 Å². The van der Waals surface area contributed by atoms with Crippen molar-refractivity contribution in [2.75, 3.05) is 6.61 Å². The van der Waals surface area contributed by atoms with Gasteiger partial charge in [-0.05, 0) is 13.3 Å². The summed E-state index contributed by atoms with van der Waals surface area (Å²) in [5, 5.41) is 2.44. The van der Waals surface area contributed by atoms with Crippen molar-refractivity contribution in [1.29, 1.82) is 0 Å². The minimum absolute atomic E-state index is 0.00259. The van der Waals surface area contributed by atoms with Crippen LogP contribution < -0.4 is 11.1 Å². The summed E-state index contributed by atoms with van der Waals surface area (Å²) in [5.74, 6) is -1.38. The molecule has 0 aromatic heterocycles. The van der Waals surface area contributed by atoms with Gasteiger partial charge in [0.15, 0.2) is 0 Å². The van der Waals surface area contributed by atoms with E-state index in [9.17, 15) is 14.4 Å². The Morgan fingerprint density at radius 1 is 1.25 bits per heavy atom. The molecule has 6 heteroatoms. The molecule has 0 spiro atoms. The Morgan fingerprint density at radius 3 is 2.31 bits per heavy atom. The molecule has 0 fully saturated rings. The Bertz CT molecular complexity index is 266. The summed E-state index contributed by atoms with van der Waals surface area (Å²) in [6, 6.07) is -0.672. The topological polar surface area (TPSA) is 98.5 Å². The molecular formula is C10H18N2O4. The van der Waals surface area contributed by atoms with E-state index in [0.29, 0.717) is 13.0 Å². The number of hydrogen-bond donors (Lipinski definition) is 2. The van der Waals surface area contributed by atoms with Gasteiger partial charge in [-0.3, -0.25) is 14.4 Å². The molecule has 0 aliphatic carbocycles. The van der Waals surface area contributed by atoms with Crippen molar-refractivity contribution >= 4 is 17.8 Å². The van der Waals surface area contributed by atoms with Crippen molar-refractivity contribution in [3.8, 4) is 0 Å². The van der Waals surface area contributed by atoms with E-state index in [0.717, 1.165) is 0 Å². The zero-order chi connectivity index (χ0) is 12.6. The Balaban J connectivity index is 3.89. The maximum absolute atomic E-state index is 11.3. The molecule has 0 aliphatic heterocycles. The van der Waals surface area contributed by atoms with Gasteiger partial charge in [-0.15, -0.1) is 0 Å². The number of nitrogens with two attached hydrogens (primary N) is 1. The summed E-state index contributed by atoms with van der Waals surface area (Å²) in [7, 11) is 0. The SMILES string of the molecule is CCOC(=O)CCC(=O)N[C@H](CC)C(N)=O. The first kappa shape index (κ1) is 14.4. The lowest BCUT2D eigenvalue weighted by Gasteiger charge is -2.12. The smallest absolute Gasteiger partial charge is 0.306 e. The normalized spacial score (nSPS) is 11.6. The first-order chi connectivity index (χ1) is 7.51. The van der Waals surface area contributed by atoms with Crippen LogP contribution in [-0.4, -0.2) is 30.4 Å². The maximum Gasteiger partial charge on any atom is 0.306 e. The van der Waals surface area contributed by atoms with Crippen molar-refractivity contribution < 1.29 is 19.1 Å². The third-order valence-corrected chi connectivity index (χ3v) is 1.95. The third-order valence-electron chi connectivity index (χ3n) is 1.95. The molecule has 1 atom stereocenters. The number of amides is 2. The molecule has 0 aliphatic rings. The van der Waals surface area contributed by atoms with Crippen molar-refractivity contribution in [2.24, 2.45) is 5.73 Å². The fourth-order valence-electron chi connectivity index (χ4n) is 1.09. The average Bonchev–Trinajstić information content (AvgIpc) is 2.23. The fraction of sp³-hybridized carbons (Fsp3) is 0.700. The molecule has 0 radical (unpaired) electrons. The number of hydrogen-bond acceptors (Lipinski definition) is 4. The number of primary amides is 1. The second-order valence-corrected chi connectivity index (χ2v) is 3.24. The summed E-state index contributed by atoms with van der Waals surface area (Å²) < 4.78 is 4.66. The maximum atomic E-state index is 11.3. The first-order valence-electron chi connectivity index (χ1n) is 5.25. The predicted octanol–water partition coefficient (Wildman–Crippen LogP) is -0.290. The Kier molecular flexibility index (Phi) is 6.91. The van der Waals surface area contributed by atoms with E-state index in [2.05, 4.69) is 10.1 Å². The second kappa shape index (κ2) is 7.67. The van der Waals surface area contributed by atoms with Gasteiger partial charge in [0.25, 0.3) is 0 Å². The van der Waals surface area contributed by atoms with Crippen molar-refractivity contribution in [3.05, 3.63) is 0 Å². The van der Waals surface area contributed by atoms with Crippen LogP contribution in [0.3, 0.4) is 0 Å². The van der Waals surface area contributed by atoms with E-state index in [-0.39, 0.29) is 18.7 Å². The molecule has 0 aromatic rings. The fourth-order valence-corrected chi connectivity index (χ4v) is 1.09. The molecule has 2 amide bonds. The zero-order valence-corrected chi connectivity index (χ0v) is 9.62. The van der Waals surface area contributed by atoms with Gasteiger partial charge in [0.05, 0.1) is 13.0 Å². The van der Waals surface area contributed by atoms with Crippen LogP contribution in [0.4, 0.5) is 0 Å². The highest BCUT2D eigenvalue weighted by molar-refractivity contribution is 5.87. The summed E-state index contributed by atoms with van der Waals surface area (Å²) in [4.78, 5) is 33.1. The summed E-state index contributed by atoms with van der Waals surface area (Å²) in [5.41, 5.74) is 5.05. The van der Waals surface area contributed by atoms with E-state index in [1.165, 1.54) is 0 Å². The van der Waals surface area contributed by atoms with Gasteiger partial charge in [-0.25, -0.2) is 0 Å². The number of carbonyl (C=O) groups is 3.